The Morgan fingerprint density at radius 1 is 1.29 bits per heavy atom. The van der Waals surface area contributed by atoms with E-state index in [1.807, 2.05) is 12.1 Å². The van der Waals surface area contributed by atoms with Gasteiger partial charge in [0.2, 0.25) is 0 Å². The van der Waals surface area contributed by atoms with Crippen LogP contribution < -0.4 is 10.6 Å². The smallest absolute Gasteiger partial charge is 0.115 e. The third-order valence-electron chi connectivity index (χ3n) is 2.67. The van der Waals surface area contributed by atoms with Crippen molar-refractivity contribution in [3.8, 4) is 5.75 Å². The SMILES string of the molecule is NC1CCCN(c2ccc(O)cc2)C1. The summed E-state index contributed by atoms with van der Waals surface area (Å²) in [6, 6.07) is 7.60. The third-order valence-corrected chi connectivity index (χ3v) is 2.67. The Morgan fingerprint density at radius 2 is 2.00 bits per heavy atom. The minimum atomic E-state index is 0.289. The number of phenols is 1. The summed E-state index contributed by atoms with van der Waals surface area (Å²) < 4.78 is 0. The zero-order valence-corrected chi connectivity index (χ0v) is 8.19. The molecule has 0 spiro atoms. The molecule has 1 aliphatic heterocycles. The van der Waals surface area contributed by atoms with Gasteiger partial charge in [0, 0.05) is 24.8 Å². The maximum atomic E-state index is 9.16. The Bertz CT molecular complexity index is 297. The van der Waals surface area contributed by atoms with E-state index < -0.39 is 0 Å². The fraction of sp³-hybridized carbons (Fsp3) is 0.455. The molecule has 0 aromatic heterocycles. The van der Waals surface area contributed by atoms with Crippen molar-refractivity contribution < 1.29 is 5.11 Å². The molecular formula is C11H16N2O. The minimum absolute atomic E-state index is 0.289. The van der Waals surface area contributed by atoms with Crippen molar-refractivity contribution in [2.75, 3.05) is 18.0 Å². The molecule has 0 radical (unpaired) electrons. The van der Waals surface area contributed by atoms with Crippen LogP contribution in [0.25, 0.3) is 0 Å². The first-order valence-corrected chi connectivity index (χ1v) is 5.05. The summed E-state index contributed by atoms with van der Waals surface area (Å²) in [4.78, 5) is 2.27. The van der Waals surface area contributed by atoms with Crippen molar-refractivity contribution >= 4 is 5.69 Å². The highest BCUT2D eigenvalue weighted by Crippen LogP contribution is 2.21. The van der Waals surface area contributed by atoms with Gasteiger partial charge in [0.15, 0.2) is 0 Å². The molecular weight excluding hydrogens is 176 g/mol. The van der Waals surface area contributed by atoms with Crippen LogP contribution in [-0.2, 0) is 0 Å². The lowest BCUT2D eigenvalue weighted by Crippen LogP contribution is -2.42. The van der Waals surface area contributed by atoms with Gasteiger partial charge in [-0.2, -0.15) is 0 Å². The van der Waals surface area contributed by atoms with Crippen LogP contribution in [0.2, 0.25) is 0 Å². The van der Waals surface area contributed by atoms with Crippen molar-refractivity contribution in [3.63, 3.8) is 0 Å². The number of anilines is 1. The van der Waals surface area contributed by atoms with Gasteiger partial charge in [-0.05, 0) is 37.1 Å². The monoisotopic (exact) mass is 192 g/mol. The molecule has 1 unspecified atom stereocenters. The number of nitrogens with two attached hydrogens (primary N) is 1. The highest BCUT2D eigenvalue weighted by molar-refractivity contribution is 5.49. The van der Waals surface area contributed by atoms with Crippen LogP contribution in [0.15, 0.2) is 24.3 Å². The van der Waals surface area contributed by atoms with E-state index in [0.29, 0.717) is 5.75 Å². The maximum Gasteiger partial charge on any atom is 0.115 e. The van der Waals surface area contributed by atoms with Gasteiger partial charge in [0.1, 0.15) is 5.75 Å². The van der Waals surface area contributed by atoms with E-state index in [0.717, 1.165) is 31.6 Å². The first kappa shape index (κ1) is 9.34. The number of hydrogen-bond donors (Lipinski definition) is 2. The number of rotatable bonds is 1. The number of benzene rings is 1. The normalized spacial score (nSPS) is 22.4. The van der Waals surface area contributed by atoms with E-state index in [2.05, 4.69) is 4.90 Å². The predicted molar refractivity (Wildman–Crippen MR) is 57.5 cm³/mol. The molecule has 3 N–H and O–H groups in total. The lowest BCUT2D eigenvalue weighted by Gasteiger charge is -2.32. The van der Waals surface area contributed by atoms with Gasteiger partial charge in [-0.3, -0.25) is 0 Å². The Hall–Kier alpha value is -1.22. The van der Waals surface area contributed by atoms with E-state index in [-0.39, 0.29) is 6.04 Å². The van der Waals surface area contributed by atoms with Crippen LogP contribution in [0.5, 0.6) is 5.75 Å². The van der Waals surface area contributed by atoms with Crippen LogP contribution in [0, 0.1) is 0 Å². The standard InChI is InChI=1S/C11H16N2O/c12-9-2-1-7-13(8-9)10-3-5-11(14)6-4-10/h3-6,9,14H,1-2,7-8,12H2. The minimum Gasteiger partial charge on any atom is -0.508 e. The first-order chi connectivity index (χ1) is 6.75. The average molecular weight is 192 g/mol. The maximum absolute atomic E-state index is 9.16. The number of aromatic hydroxyl groups is 1. The molecule has 1 saturated heterocycles. The zero-order valence-electron chi connectivity index (χ0n) is 8.19. The molecule has 1 atom stereocenters. The second-order valence-electron chi connectivity index (χ2n) is 3.86. The van der Waals surface area contributed by atoms with Crippen LogP contribution in [0.1, 0.15) is 12.8 Å². The average Bonchev–Trinajstić information content (AvgIpc) is 2.19. The largest absolute Gasteiger partial charge is 0.508 e. The number of nitrogens with zero attached hydrogens (tertiary/aromatic N) is 1. The number of piperidine rings is 1. The summed E-state index contributed by atoms with van der Waals surface area (Å²) in [6.45, 7) is 1.99. The van der Waals surface area contributed by atoms with Gasteiger partial charge in [-0.25, -0.2) is 0 Å². The Morgan fingerprint density at radius 3 is 2.64 bits per heavy atom. The second-order valence-corrected chi connectivity index (χ2v) is 3.86. The first-order valence-electron chi connectivity index (χ1n) is 5.05. The highest BCUT2D eigenvalue weighted by Gasteiger charge is 2.16. The second kappa shape index (κ2) is 3.88. The molecule has 1 aromatic carbocycles. The highest BCUT2D eigenvalue weighted by atomic mass is 16.3. The summed E-state index contributed by atoms with van der Waals surface area (Å²) >= 11 is 0. The van der Waals surface area contributed by atoms with Crippen molar-refractivity contribution in [1.82, 2.24) is 0 Å². The van der Waals surface area contributed by atoms with Gasteiger partial charge in [0.05, 0.1) is 0 Å². The number of phenolic OH excluding ortho intramolecular Hbond substituents is 1. The molecule has 76 valence electrons. The van der Waals surface area contributed by atoms with Crippen LogP contribution in [0.3, 0.4) is 0 Å². The molecule has 1 heterocycles. The van der Waals surface area contributed by atoms with Gasteiger partial charge in [-0.15, -0.1) is 0 Å². The Kier molecular flexibility index (Phi) is 2.59. The quantitative estimate of drug-likeness (QED) is 0.705. The lowest BCUT2D eigenvalue weighted by molar-refractivity contribution is 0.474. The van der Waals surface area contributed by atoms with E-state index in [1.165, 1.54) is 0 Å². The Balaban J connectivity index is 2.10. The summed E-state index contributed by atoms with van der Waals surface area (Å²) in [5.74, 6) is 0.315. The third kappa shape index (κ3) is 1.99. The molecule has 1 aliphatic rings. The van der Waals surface area contributed by atoms with Crippen molar-refractivity contribution in [2.24, 2.45) is 5.73 Å². The Labute approximate surface area is 84.1 Å². The predicted octanol–water partition coefficient (Wildman–Crippen LogP) is 1.32. The molecule has 0 saturated carbocycles. The van der Waals surface area contributed by atoms with E-state index in [1.54, 1.807) is 12.1 Å². The molecule has 0 bridgehead atoms. The lowest BCUT2D eigenvalue weighted by atomic mass is 10.1. The van der Waals surface area contributed by atoms with Gasteiger partial charge in [-0.1, -0.05) is 0 Å². The van der Waals surface area contributed by atoms with E-state index >= 15 is 0 Å². The van der Waals surface area contributed by atoms with E-state index in [4.69, 9.17) is 10.8 Å². The molecule has 3 heteroatoms. The topological polar surface area (TPSA) is 49.5 Å². The molecule has 0 aliphatic carbocycles. The zero-order chi connectivity index (χ0) is 9.97. The summed E-state index contributed by atoms with van der Waals surface area (Å²) in [7, 11) is 0. The molecule has 2 rings (SSSR count). The van der Waals surface area contributed by atoms with Crippen LogP contribution in [0.4, 0.5) is 5.69 Å². The summed E-state index contributed by atoms with van der Waals surface area (Å²) in [5.41, 5.74) is 7.05. The van der Waals surface area contributed by atoms with E-state index in [9.17, 15) is 0 Å². The summed E-state index contributed by atoms with van der Waals surface area (Å²) in [5, 5.41) is 9.16. The molecule has 0 amide bonds. The van der Waals surface area contributed by atoms with Gasteiger partial charge in [0.25, 0.3) is 0 Å². The van der Waals surface area contributed by atoms with Gasteiger partial charge >= 0.3 is 0 Å². The van der Waals surface area contributed by atoms with Gasteiger partial charge < -0.3 is 15.7 Å². The van der Waals surface area contributed by atoms with Crippen molar-refractivity contribution in [3.05, 3.63) is 24.3 Å². The van der Waals surface area contributed by atoms with Crippen LogP contribution in [-0.4, -0.2) is 24.2 Å². The summed E-state index contributed by atoms with van der Waals surface area (Å²) in [6.07, 6.45) is 2.27. The fourth-order valence-electron chi connectivity index (χ4n) is 1.91. The fourth-order valence-corrected chi connectivity index (χ4v) is 1.91. The van der Waals surface area contributed by atoms with Crippen LogP contribution >= 0.6 is 0 Å². The van der Waals surface area contributed by atoms with Crippen molar-refractivity contribution in [2.45, 2.75) is 18.9 Å². The molecule has 14 heavy (non-hydrogen) atoms. The molecule has 3 nitrogen and oxygen atoms in total. The van der Waals surface area contributed by atoms with Crippen molar-refractivity contribution in [1.29, 1.82) is 0 Å². The molecule has 1 fully saturated rings. The number of hydrogen-bond acceptors (Lipinski definition) is 3. The molecule has 1 aromatic rings.